The van der Waals surface area contributed by atoms with E-state index in [0.29, 0.717) is 16.4 Å². The van der Waals surface area contributed by atoms with Crippen molar-refractivity contribution in [2.75, 3.05) is 0 Å². The Hall–Kier alpha value is -2.23. The zero-order chi connectivity index (χ0) is 17.6. The highest BCUT2D eigenvalue weighted by Gasteiger charge is 2.49. The van der Waals surface area contributed by atoms with E-state index in [2.05, 4.69) is 22.0 Å². The van der Waals surface area contributed by atoms with E-state index in [-0.39, 0.29) is 11.2 Å². The Morgan fingerprint density at radius 2 is 1.96 bits per heavy atom. The molecule has 2 aromatic carbocycles. The number of esters is 1. The van der Waals surface area contributed by atoms with Gasteiger partial charge >= 0.3 is 5.97 Å². The molecule has 2 aromatic rings. The predicted octanol–water partition coefficient (Wildman–Crippen LogP) is 4.25. The summed E-state index contributed by atoms with van der Waals surface area (Å²) >= 11 is 4.83. The highest BCUT2D eigenvalue weighted by molar-refractivity contribution is 9.10. The van der Waals surface area contributed by atoms with E-state index < -0.39 is 11.8 Å². The van der Waals surface area contributed by atoms with E-state index in [1.807, 2.05) is 42.5 Å². The van der Waals surface area contributed by atoms with Crippen LogP contribution in [0.2, 0.25) is 0 Å². The number of allylic oxidation sites excluding steroid dienone is 1. The van der Waals surface area contributed by atoms with Crippen LogP contribution in [0.3, 0.4) is 0 Å². The summed E-state index contributed by atoms with van der Waals surface area (Å²) in [6.07, 6.45) is 0. The number of hydrogen-bond donors (Lipinski definition) is 1. The molecule has 0 aliphatic carbocycles. The average molecular weight is 413 g/mol. The van der Waals surface area contributed by atoms with Crippen LogP contribution in [0.5, 0.6) is 5.75 Å². The number of nitriles is 1. The van der Waals surface area contributed by atoms with Crippen LogP contribution < -0.4 is 10.5 Å². The minimum atomic E-state index is -0.490. The smallest absolute Gasteiger partial charge is 0.316 e. The molecule has 3 atom stereocenters. The molecule has 0 fully saturated rings. The van der Waals surface area contributed by atoms with Gasteiger partial charge in [0.15, 0.2) is 0 Å². The fourth-order valence-corrected chi connectivity index (χ4v) is 5.12. The third kappa shape index (κ3) is 2.64. The first-order valence-electron chi connectivity index (χ1n) is 7.72. The lowest BCUT2D eigenvalue weighted by Crippen LogP contribution is -2.38. The van der Waals surface area contributed by atoms with Gasteiger partial charge in [-0.2, -0.15) is 5.26 Å². The van der Waals surface area contributed by atoms with Crippen LogP contribution >= 0.6 is 27.7 Å². The number of thioether (sulfide) groups is 1. The van der Waals surface area contributed by atoms with Crippen LogP contribution in [0.25, 0.3) is 0 Å². The molecule has 6 heteroatoms. The number of carbonyl (C=O) groups excluding carboxylic acids is 1. The van der Waals surface area contributed by atoms with Crippen LogP contribution in [0.1, 0.15) is 22.3 Å². The molecule has 4 nitrogen and oxygen atoms in total. The van der Waals surface area contributed by atoms with Crippen LogP contribution in [0, 0.1) is 17.2 Å². The molecule has 25 heavy (non-hydrogen) atoms. The second kappa shape index (κ2) is 6.25. The molecule has 0 spiro atoms. The number of benzene rings is 2. The van der Waals surface area contributed by atoms with Crippen molar-refractivity contribution in [2.24, 2.45) is 11.7 Å². The Morgan fingerprint density at radius 1 is 1.20 bits per heavy atom. The summed E-state index contributed by atoms with van der Waals surface area (Å²) in [5, 5.41) is 9.95. The second-order valence-corrected chi connectivity index (χ2v) is 8.04. The molecular formula is C19H13BrN2O2S. The predicted molar refractivity (Wildman–Crippen MR) is 99.6 cm³/mol. The molecule has 4 rings (SSSR count). The highest BCUT2D eigenvalue weighted by Crippen LogP contribution is 2.56. The lowest BCUT2D eigenvalue weighted by molar-refractivity contribution is -0.140. The first-order chi connectivity index (χ1) is 12.1. The third-order valence-corrected chi connectivity index (χ3v) is 6.34. The lowest BCUT2D eigenvalue weighted by Gasteiger charge is -2.39. The molecule has 124 valence electrons. The SMILES string of the molecule is N#CC1=C(N)S[C@@H](c2ccccc2)[C@H]2C(=O)Oc3ccc(Br)cc3[C@@H]12. The molecule has 0 amide bonds. The van der Waals surface area contributed by atoms with Crippen molar-refractivity contribution in [1.82, 2.24) is 0 Å². The largest absolute Gasteiger partial charge is 0.426 e. The fraction of sp³-hybridized carbons (Fsp3) is 0.158. The van der Waals surface area contributed by atoms with Gasteiger partial charge in [0, 0.05) is 16.0 Å². The van der Waals surface area contributed by atoms with Gasteiger partial charge in [-0.25, -0.2) is 0 Å². The zero-order valence-corrected chi connectivity index (χ0v) is 15.4. The zero-order valence-electron chi connectivity index (χ0n) is 13.0. The number of nitrogens with two attached hydrogens (primary N) is 1. The Morgan fingerprint density at radius 3 is 2.68 bits per heavy atom. The molecule has 0 bridgehead atoms. The summed E-state index contributed by atoms with van der Waals surface area (Å²) in [5.74, 6) is -0.712. The average Bonchev–Trinajstić information content (AvgIpc) is 2.62. The Bertz CT molecular complexity index is 936. The van der Waals surface area contributed by atoms with Gasteiger partial charge in [-0.3, -0.25) is 4.79 Å². The molecule has 2 heterocycles. The van der Waals surface area contributed by atoms with Crippen LogP contribution in [0.15, 0.2) is 63.6 Å². The molecule has 0 aromatic heterocycles. The molecule has 0 saturated carbocycles. The van der Waals surface area contributed by atoms with Crippen molar-refractivity contribution >= 4 is 33.7 Å². The third-order valence-electron chi connectivity index (χ3n) is 4.55. The Kier molecular flexibility index (Phi) is 4.06. The standard InChI is InChI=1S/C19H13BrN2O2S/c20-11-6-7-14-12(8-11)15-13(9-21)18(22)25-17(16(15)19(23)24-14)10-4-2-1-3-5-10/h1-8,15-17H,22H2/t15-,16-,17-/m0/s1. The normalized spacial score (nSPS) is 24.8. The van der Waals surface area contributed by atoms with Gasteiger partial charge in [0.1, 0.15) is 5.75 Å². The van der Waals surface area contributed by atoms with Gasteiger partial charge in [-0.1, -0.05) is 58.0 Å². The van der Waals surface area contributed by atoms with Crippen LogP contribution in [-0.2, 0) is 4.79 Å². The van der Waals surface area contributed by atoms with E-state index in [1.165, 1.54) is 11.8 Å². The summed E-state index contributed by atoms with van der Waals surface area (Å²) in [5.41, 5.74) is 8.48. The molecule has 2 aliphatic rings. The Labute approximate surface area is 157 Å². The van der Waals surface area contributed by atoms with Crippen molar-refractivity contribution in [1.29, 1.82) is 5.26 Å². The van der Waals surface area contributed by atoms with Crippen molar-refractivity contribution in [3.63, 3.8) is 0 Å². The molecule has 2 aliphatic heterocycles. The summed E-state index contributed by atoms with van der Waals surface area (Å²) in [4.78, 5) is 12.8. The van der Waals surface area contributed by atoms with Gasteiger partial charge in [-0.05, 0) is 23.8 Å². The molecular weight excluding hydrogens is 400 g/mol. The van der Waals surface area contributed by atoms with Gasteiger partial charge in [0.25, 0.3) is 0 Å². The van der Waals surface area contributed by atoms with E-state index in [1.54, 1.807) is 6.07 Å². The molecule has 0 radical (unpaired) electrons. The van der Waals surface area contributed by atoms with Gasteiger partial charge < -0.3 is 10.5 Å². The monoisotopic (exact) mass is 412 g/mol. The minimum absolute atomic E-state index is 0.192. The number of carbonyl (C=O) groups is 1. The van der Waals surface area contributed by atoms with Gasteiger partial charge in [0.05, 0.1) is 27.8 Å². The van der Waals surface area contributed by atoms with Crippen molar-refractivity contribution in [3.05, 3.63) is 74.7 Å². The quantitative estimate of drug-likeness (QED) is 0.559. The fourth-order valence-electron chi connectivity index (χ4n) is 3.46. The number of ether oxygens (including phenoxy) is 1. The maximum Gasteiger partial charge on any atom is 0.316 e. The summed E-state index contributed by atoms with van der Waals surface area (Å²) in [6, 6.07) is 17.4. The van der Waals surface area contributed by atoms with Crippen molar-refractivity contribution < 1.29 is 9.53 Å². The topological polar surface area (TPSA) is 76.1 Å². The van der Waals surface area contributed by atoms with E-state index in [4.69, 9.17) is 10.5 Å². The van der Waals surface area contributed by atoms with Gasteiger partial charge in [-0.15, -0.1) is 0 Å². The summed E-state index contributed by atoms with van der Waals surface area (Å²) < 4.78 is 6.46. The lowest BCUT2D eigenvalue weighted by atomic mass is 9.75. The highest BCUT2D eigenvalue weighted by atomic mass is 79.9. The van der Waals surface area contributed by atoms with Crippen molar-refractivity contribution in [3.8, 4) is 11.8 Å². The first kappa shape index (κ1) is 16.2. The summed E-state index contributed by atoms with van der Waals surface area (Å²) in [7, 11) is 0. The second-order valence-electron chi connectivity index (χ2n) is 5.95. The van der Waals surface area contributed by atoms with E-state index >= 15 is 0 Å². The minimum Gasteiger partial charge on any atom is -0.426 e. The number of hydrogen-bond acceptors (Lipinski definition) is 5. The maximum absolute atomic E-state index is 12.8. The number of fused-ring (bicyclic) bond motifs is 3. The van der Waals surface area contributed by atoms with E-state index in [9.17, 15) is 10.1 Å². The molecule has 0 unspecified atom stereocenters. The Balaban J connectivity index is 1.93. The summed E-state index contributed by atoms with van der Waals surface area (Å²) in [6.45, 7) is 0. The van der Waals surface area contributed by atoms with Crippen molar-refractivity contribution in [2.45, 2.75) is 11.2 Å². The number of rotatable bonds is 1. The van der Waals surface area contributed by atoms with Crippen LogP contribution in [0.4, 0.5) is 0 Å². The van der Waals surface area contributed by atoms with Gasteiger partial charge in [0.2, 0.25) is 0 Å². The molecule has 0 saturated heterocycles. The number of halogens is 1. The first-order valence-corrected chi connectivity index (χ1v) is 9.40. The number of nitrogens with zero attached hydrogens (tertiary/aromatic N) is 1. The molecule has 2 N–H and O–H groups in total. The van der Waals surface area contributed by atoms with E-state index in [0.717, 1.165) is 15.6 Å². The maximum atomic E-state index is 12.8. The van der Waals surface area contributed by atoms with Crippen LogP contribution in [-0.4, -0.2) is 5.97 Å².